The molecule has 3 heteroatoms. The van der Waals surface area contributed by atoms with Gasteiger partial charge in [-0.3, -0.25) is 0 Å². The molecule has 0 amide bonds. The lowest BCUT2D eigenvalue weighted by molar-refractivity contribution is 0.0268. The van der Waals surface area contributed by atoms with Crippen molar-refractivity contribution < 1.29 is 5.11 Å². The van der Waals surface area contributed by atoms with Crippen molar-refractivity contribution in [1.29, 1.82) is 0 Å². The van der Waals surface area contributed by atoms with Gasteiger partial charge in [0.1, 0.15) is 5.60 Å². The molecule has 0 aliphatic heterocycles. The summed E-state index contributed by atoms with van der Waals surface area (Å²) in [5, 5.41) is 10.7. The first-order valence-corrected chi connectivity index (χ1v) is 6.12. The summed E-state index contributed by atoms with van der Waals surface area (Å²) >= 11 is 0. The van der Waals surface area contributed by atoms with Crippen LogP contribution in [0.3, 0.4) is 0 Å². The van der Waals surface area contributed by atoms with Crippen molar-refractivity contribution in [3.63, 3.8) is 0 Å². The molecule has 2 unspecified atom stereocenters. The molecule has 0 aliphatic rings. The maximum absolute atomic E-state index is 10.7. The Labute approximate surface area is 108 Å². The fourth-order valence-electron chi connectivity index (χ4n) is 2.15. The van der Waals surface area contributed by atoms with Gasteiger partial charge in [0, 0.05) is 11.9 Å². The van der Waals surface area contributed by atoms with E-state index in [0.29, 0.717) is 0 Å². The molecule has 0 saturated heterocycles. The van der Waals surface area contributed by atoms with Crippen molar-refractivity contribution >= 4 is 0 Å². The topological polar surface area (TPSA) is 62.0 Å². The third-order valence-corrected chi connectivity index (χ3v) is 3.55. The molecule has 1 aromatic carbocycles. The number of rotatable bonds is 3. The second-order valence-corrected chi connectivity index (χ2v) is 5.07. The Balaban J connectivity index is 2.36. The Kier molecular flexibility index (Phi) is 3.28. The molecule has 0 aliphatic carbocycles. The second kappa shape index (κ2) is 4.59. The van der Waals surface area contributed by atoms with Crippen molar-refractivity contribution in [3.05, 3.63) is 58.9 Å². The second-order valence-electron chi connectivity index (χ2n) is 5.07. The van der Waals surface area contributed by atoms with Gasteiger partial charge >= 0.3 is 0 Å². The van der Waals surface area contributed by atoms with E-state index in [1.807, 2.05) is 50.4 Å². The fourth-order valence-corrected chi connectivity index (χ4v) is 2.15. The summed E-state index contributed by atoms with van der Waals surface area (Å²) in [6, 6.07) is 9.30. The minimum Gasteiger partial charge on any atom is -0.383 e. The molecule has 3 nitrogen and oxygen atoms in total. The van der Waals surface area contributed by atoms with E-state index in [2.05, 4.69) is 4.98 Å². The highest BCUT2D eigenvalue weighted by molar-refractivity contribution is 5.32. The Morgan fingerprint density at radius 1 is 1.17 bits per heavy atom. The molecule has 0 fully saturated rings. The molecule has 0 radical (unpaired) electrons. The van der Waals surface area contributed by atoms with E-state index in [1.165, 1.54) is 5.56 Å². The molecule has 0 saturated carbocycles. The van der Waals surface area contributed by atoms with Crippen LogP contribution in [0.25, 0.3) is 0 Å². The predicted molar refractivity (Wildman–Crippen MR) is 73.2 cm³/mol. The van der Waals surface area contributed by atoms with Gasteiger partial charge in [0.15, 0.2) is 0 Å². The first kappa shape index (κ1) is 12.9. The highest BCUT2D eigenvalue weighted by atomic mass is 16.3. The van der Waals surface area contributed by atoms with Gasteiger partial charge in [0.2, 0.25) is 0 Å². The van der Waals surface area contributed by atoms with E-state index < -0.39 is 11.6 Å². The van der Waals surface area contributed by atoms with Gasteiger partial charge in [0.05, 0.1) is 6.04 Å². The lowest BCUT2D eigenvalue weighted by atomic mass is 9.85. The van der Waals surface area contributed by atoms with Crippen molar-refractivity contribution in [2.24, 2.45) is 5.73 Å². The normalized spacial score (nSPS) is 16.3. The van der Waals surface area contributed by atoms with Gasteiger partial charge in [-0.05, 0) is 38.0 Å². The van der Waals surface area contributed by atoms with E-state index in [4.69, 9.17) is 5.73 Å². The predicted octanol–water partition coefficient (Wildman–Crippen LogP) is 2.54. The number of aromatic nitrogens is 1. The largest absolute Gasteiger partial charge is 0.383 e. The van der Waals surface area contributed by atoms with E-state index in [9.17, 15) is 5.11 Å². The van der Waals surface area contributed by atoms with Crippen LogP contribution in [0.2, 0.25) is 0 Å². The van der Waals surface area contributed by atoms with Crippen LogP contribution in [0.1, 0.15) is 35.3 Å². The first-order chi connectivity index (χ1) is 8.43. The van der Waals surface area contributed by atoms with Crippen LogP contribution in [0, 0.1) is 13.8 Å². The summed E-state index contributed by atoms with van der Waals surface area (Å²) in [6.45, 7) is 5.76. The standard InChI is InChI=1S/C15H20N2O/c1-10-4-6-12(7-5-10)15(3,18)14(16)13-11(2)8-9-17-13/h4-9,14,17-18H,16H2,1-3H3. The average molecular weight is 244 g/mol. The molecule has 96 valence electrons. The average Bonchev–Trinajstić information content (AvgIpc) is 2.75. The van der Waals surface area contributed by atoms with Gasteiger partial charge < -0.3 is 15.8 Å². The molecular formula is C15H20N2O. The van der Waals surface area contributed by atoms with E-state index in [0.717, 1.165) is 16.8 Å². The number of nitrogens with two attached hydrogens (primary N) is 1. The Hall–Kier alpha value is -1.58. The number of nitrogens with one attached hydrogen (secondary N) is 1. The van der Waals surface area contributed by atoms with Crippen molar-refractivity contribution in [2.45, 2.75) is 32.4 Å². The number of aryl methyl sites for hydroxylation is 2. The Morgan fingerprint density at radius 3 is 2.28 bits per heavy atom. The molecule has 2 rings (SSSR count). The van der Waals surface area contributed by atoms with Crippen LogP contribution >= 0.6 is 0 Å². The van der Waals surface area contributed by atoms with Crippen LogP contribution in [-0.4, -0.2) is 10.1 Å². The molecule has 2 aromatic rings. The van der Waals surface area contributed by atoms with Gasteiger partial charge in [-0.2, -0.15) is 0 Å². The van der Waals surface area contributed by atoms with E-state index >= 15 is 0 Å². The van der Waals surface area contributed by atoms with Gasteiger partial charge in [-0.1, -0.05) is 29.8 Å². The first-order valence-electron chi connectivity index (χ1n) is 6.12. The van der Waals surface area contributed by atoms with Crippen LogP contribution in [0.5, 0.6) is 0 Å². The summed E-state index contributed by atoms with van der Waals surface area (Å²) in [4.78, 5) is 3.11. The molecule has 0 spiro atoms. The lowest BCUT2D eigenvalue weighted by Crippen LogP contribution is -2.36. The monoisotopic (exact) mass is 244 g/mol. The van der Waals surface area contributed by atoms with Gasteiger partial charge in [0.25, 0.3) is 0 Å². The summed E-state index contributed by atoms with van der Waals surface area (Å²) in [5.41, 5.74) is 9.05. The Bertz CT molecular complexity index is 526. The van der Waals surface area contributed by atoms with Crippen molar-refractivity contribution in [1.82, 2.24) is 4.98 Å². The molecule has 1 aromatic heterocycles. The zero-order valence-corrected chi connectivity index (χ0v) is 11.1. The molecule has 0 bridgehead atoms. The van der Waals surface area contributed by atoms with Crippen LogP contribution in [-0.2, 0) is 5.60 Å². The van der Waals surface area contributed by atoms with E-state index in [1.54, 1.807) is 6.92 Å². The number of aromatic amines is 1. The van der Waals surface area contributed by atoms with Crippen molar-refractivity contribution in [2.75, 3.05) is 0 Å². The lowest BCUT2D eigenvalue weighted by Gasteiger charge is -2.30. The number of hydrogen-bond acceptors (Lipinski definition) is 2. The van der Waals surface area contributed by atoms with Crippen LogP contribution in [0.4, 0.5) is 0 Å². The third kappa shape index (κ3) is 2.19. The minimum absolute atomic E-state index is 0.477. The number of hydrogen-bond donors (Lipinski definition) is 3. The zero-order chi connectivity index (χ0) is 13.3. The SMILES string of the molecule is Cc1ccc(C(C)(O)C(N)c2[nH]ccc2C)cc1. The highest BCUT2D eigenvalue weighted by Crippen LogP contribution is 2.33. The van der Waals surface area contributed by atoms with Crippen LogP contribution in [0.15, 0.2) is 36.5 Å². The van der Waals surface area contributed by atoms with Crippen LogP contribution < -0.4 is 5.73 Å². The summed E-state index contributed by atoms with van der Waals surface area (Å²) in [7, 11) is 0. The fraction of sp³-hybridized carbons (Fsp3) is 0.333. The van der Waals surface area contributed by atoms with E-state index in [-0.39, 0.29) is 0 Å². The summed E-state index contributed by atoms with van der Waals surface area (Å²) in [6.07, 6.45) is 1.84. The molecule has 18 heavy (non-hydrogen) atoms. The third-order valence-electron chi connectivity index (χ3n) is 3.55. The molecule has 2 atom stereocenters. The van der Waals surface area contributed by atoms with Crippen molar-refractivity contribution in [3.8, 4) is 0 Å². The maximum Gasteiger partial charge on any atom is 0.107 e. The highest BCUT2D eigenvalue weighted by Gasteiger charge is 2.33. The summed E-state index contributed by atoms with van der Waals surface area (Å²) < 4.78 is 0. The minimum atomic E-state index is -1.09. The zero-order valence-electron chi connectivity index (χ0n) is 11.1. The number of benzene rings is 1. The number of aliphatic hydroxyl groups is 1. The summed E-state index contributed by atoms with van der Waals surface area (Å²) in [5.74, 6) is 0. The van der Waals surface area contributed by atoms with Gasteiger partial charge in [-0.25, -0.2) is 0 Å². The maximum atomic E-state index is 10.7. The van der Waals surface area contributed by atoms with Gasteiger partial charge in [-0.15, -0.1) is 0 Å². The quantitative estimate of drug-likeness (QED) is 0.777. The smallest absolute Gasteiger partial charge is 0.107 e. The Morgan fingerprint density at radius 2 is 1.78 bits per heavy atom. The molecular weight excluding hydrogens is 224 g/mol. The molecule has 4 N–H and O–H groups in total. The molecule has 1 heterocycles. The number of H-pyrrole nitrogens is 1.